The Bertz CT molecular complexity index is 551. The second-order valence-corrected chi connectivity index (χ2v) is 5.65. The van der Waals surface area contributed by atoms with E-state index in [9.17, 15) is 0 Å². The molecule has 0 aliphatic heterocycles. The number of benzene rings is 1. The zero-order chi connectivity index (χ0) is 15.6. The summed E-state index contributed by atoms with van der Waals surface area (Å²) in [5, 5.41) is 0. The fourth-order valence-corrected chi connectivity index (χ4v) is 2.15. The van der Waals surface area contributed by atoms with Gasteiger partial charge in [-0.1, -0.05) is 36.4 Å². The molecule has 0 saturated carbocycles. The van der Waals surface area contributed by atoms with E-state index in [4.69, 9.17) is 14.2 Å². The average Bonchev–Trinajstić information content (AvgIpc) is 2.52. The third-order valence-electron chi connectivity index (χ3n) is 2.85. The number of aromatic nitrogens is 1. The summed E-state index contributed by atoms with van der Waals surface area (Å²) in [7, 11) is 0. The van der Waals surface area contributed by atoms with Gasteiger partial charge in [-0.3, -0.25) is 0 Å². The predicted molar refractivity (Wildman–Crippen MR) is 88.9 cm³/mol. The summed E-state index contributed by atoms with van der Waals surface area (Å²) in [5.74, 6) is 0.589. The third-order valence-corrected chi connectivity index (χ3v) is 3.29. The molecule has 1 heterocycles. The van der Waals surface area contributed by atoms with Gasteiger partial charge in [0.15, 0.2) is 0 Å². The van der Waals surface area contributed by atoms with Crippen molar-refractivity contribution in [3.63, 3.8) is 0 Å². The molecule has 1 aromatic heterocycles. The minimum Gasteiger partial charge on any atom is -0.472 e. The van der Waals surface area contributed by atoms with Crippen LogP contribution in [-0.4, -0.2) is 30.9 Å². The lowest BCUT2D eigenvalue weighted by Gasteiger charge is -2.14. The fraction of sp³-hybridized carbons (Fsp3) is 0.353. The number of rotatable bonds is 9. The number of hydrogen-bond acceptors (Lipinski definition) is 4. The van der Waals surface area contributed by atoms with E-state index in [0.29, 0.717) is 32.3 Å². The average molecular weight is 366 g/mol. The van der Waals surface area contributed by atoms with E-state index in [1.807, 2.05) is 55.5 Å². The first-order chi connectivity index (χ1) is 10.7. The summed E-state index contributed by atoms with van der Waals surface area (Å²) >= 11 is 3.31. The van der Waals surface area contributed by atoms with Gasteiger partial charge in [0.2, 0.25) is 5.88 Å². The zero-order valence-corrected chi connectivity index (χ0v) is 14.2. The van der Waals surface area contributed by atoms with Crippen LogP contribution in [0.2, 0.25) is 0 Å². The van der Waals surface area contributed by atoms with Crippen molar-refractivity contribution in [2.24, 2.45) is 0 Å². The molecule has 0 bridgehead atoms. The normalized spacial score (nSPS) is 12.1. The predicted octanol–water partition coefficient (Wildman–Crippen LogP) is 3.84. The first-order valence-electron chi connectivity index (χ1n) is 7.22. The monoisotopic (exact) mass is 365 g/mol. The first-order valence-corrected chi connectivity index (χ1v) is 8.02. The molecule has 0 saturated heterocycles. The van der Waals surface area contributed by atoms with Crippen molar-refractivity contribution in [2.75, 3.05) is 19.8 Å². The summed E-state index contributed by atoms with van der Waals surface area (Å²) < 4.78 is 17.5. The van der Waals surface area contributed by atoms with Crippen LogP contribution < -0.4 is 4.74 Å². The van der Waals surface area contributed by atoms with E-state index in [0.717, 1.165) is 4.60 Å². The van der Waals surface area contributed by atoms with Crippen LogP contribution in [0.4, 0.5) is 0 Å². The highest BCUT2D eigenvalue weighted by molar-refractivity contribution is 9.10. The van der Waals surface area contributed by atoms with Gasteiger partial charge in [0.05, 0.1) is 26.4 Å². The molecular formula is C17H20BrNO3. The highest BCUT2D eigenvalue weighted by Crippen LogP contribution is 2.13. The van der Waals surface area contributed by atoms with Crippen LogP contribution in [0.5, 0.6) is 5.88 Å². The van der Waals surface area contributed by atoms with Crippen LogP contribution in [0.15, 0.2) is 53.1 Å². The van der Waals surface area contributed by atoms with Crippen LogP contribution in [0.25, 0.3) is 0 Å². The molecule has 0 N–H and O–H groups in total. The minimum absolute atomic E-state index is 0.0593. The van der Waals surface area contributed by atoms with E-state index in [2.05, 4.69) is 20.9 Å². The molecule has 4 nitrogen and oxygen atoms in total. The molecule has 0 radical (unpaired) electrons. The van der Waals surface area contributed by atoms with Gasteiger partial charge in [-0.15, -0.1) is 0 Å². The SMILES string of the molecule is CC(COCCOCc1ccccc1)Oc1cccc(Br)n1. The van der Waals surface area contributed by atoms with Crippen LogP contribution in [0, 0.1) is 0 Å². The van der Waals surface area contributed by atoms with Crippen LogP contribution in [0.1, 0.15) is 12.5 Å². The first kappa shape index (κ1) is 16.9. The molecule has 5 heteroatoms. The van der Waals surface area contributed by atoms with Crippen molar-refractivity contribution in [1.29, 1.82) is 0 Å². The van der Waals surface area contributed by atoms with Crippen LogP contribution in [-0.2, 0) is 16.1 Å². The van der Waals surface area contributed by atoms with E-state index >= 15 is 0 Å². The molecule has 2 rings (SSSR count). The molecule has 22 heavy (non-hydrogen) atoms. The van der Waals surface area contributed by atoms with Gasteiger partial charge in [-0.25, -0.2) is 4.98 Å². The Labute approximate surface area is 139 Å². The zero-order valence-electron chi connectivity index (χ0n) is 12.6. The van der Waals surface area contributed by atoms with Gasteiger partial charge in [-0.2, -0.15) is 0 Å². The largest absolute Gasteiger partial charge is 0.472 e. The Morgan fingerprint density at radius 3 is 2.55 bits per heavy atom. The standard InChI is InChI=1S/C17H20BrNO3/c1-14(22-17-9-5-8-16(18)19-17)12-20-10-11-21-13-15-6-3-2-4-7-15/h2-9,14H,10-13H2,1H3. The quantitative estimate of drug-likeness (QED) is 0.499. The van der Waals surface area contributed by atoms with Crippen molar-refractivity contribution in [1.82, 2.24) is 4.98 Å². The molecule has 1 unspecified atom stereocenters. The molecule has 0 amide bonds. The lowest BCUT2D eigenvalue weighted by molar-refractivity contribution is 0.0110. The van der Waals surface area contributed by atoms with Gasteiger partial charge in [-0.05, 0) is 34.5 Å². The summed E-state index contributed by atoms with van der Waals surface area (Å²) in [4.78, 5) is 4.22. The highest BCUT2D eigenvalue weighted by atomic mass is 79.9. The van der Waals surface area contributed by atoms with Gasteiger partial charge in [0.1, 0.15) is 10.7 Å². The van der Waals surface area contributed by atoms with Gasteiger partial charge < -0.3 is 14.2 Å². The molecule has 0 spiro atoms. The second-order valence-electron chi connectivity index (χ2n) is 4.84. The number of halogens is 1. The fourth-order valence-electron chi connectivity index (χ4n) is 1.83. The Morgan fingerprint density at radius 2 is 1.77 bits per heavy atom. The van der Waals surface area contributed by atoms with Crippen molar-refractivity contribution in [3.05, 3.63) is 58.7 Å². The summed E-state index contributed by atoms with van der Waals surface area (Å²) in [5.41, 5.74) is 1.17. The van der Waals surface area contributed by atoms with Crippen molar-refractivity contribution in [3.8, 4) is 5.88 Å². The Kier molecular flexibility index (Phi) is 7.36. The maximum absolute atomic E-state index is 5.66. The maximum Gasteiger partial charge on any atom is 0.214 e. The van der Waals surface area contributed by atoms with Crippen LogP contribution in [0.3, 0.4) is 0 Å². The molecule has 2 aromatic rings. The van der Waals surface area contributed by atoms with Gasteiger partial charge in [0.25, 0.3) is 0 Å². The van der Waals surface area contributed by atoms with Gasteiger partial charge in [0, 0.05) is 6.07 Å². The number of nitrogens with zero attached hydrogens (tertiary/aromatic N) is 1. The van der Waals surface area contributed by atoms with E-state index < -0.39 is 0 Å². The summed E-state index contributed by atoms with van der Waals surface area (Å²) in [6.45, 7) is 4.18. The molecule has 1 atom stereocenters. The Morgan fingerprint density at radius 1 is 1.00 bits per heavy atom. The minimum atomic E-state index is -0.0593. The molecule has 1 aromatic carbocycles. The van der Waals surface area contributed by atoms with Crippen LogP contribution >= 0.6 is 15.9 Å². The van der Waals surface area contributed by atoms with Gasteiger partial charge >= 0.3 is 0 Å². The smallest absolute Gasteiger partial charge is 0.214 e. The van der Waals surface area contributed by atoms with E-state index in [-0.39, 0.29) is 6.10 Å². The lowest BCUT2D eigenvalue weighted by atomic mass is 10.2. The van der Waals surface area contributed by atoms with Crippen molar-refractivity contribution in [2.45, 2.75) is 19.6 Å². The molecule has 0 aliphatic rings. The van der Waals surface area contributed by atoms with E-state index in [1.54, 1.807) is 0 Å². The molecular weight excluding hydrogens is 346 g/mol. The Balaban J connectivity index is 1.54. The maximum atomic E-state index is 5.66. The number of hydrogen-bond donors (Lipinski definition) is 0. The highest BCUT2D eigenvalue weighted by Gasteiger charge is 2.05. The molecule has 0 fully saturated rings. The summed E-state index contributed by atoms with van der Waals surface area (Å²) in [6, 6.07) is 15.7. The molecule has 118 valence electrons. The number of ether oxygens (including phenoxy) is 3. The lowest BCUT2D eigenvalue weighted by Crippen LogP contribution is -2.21. The summed E-state index contributed by atoms with van der Waals surface area (Å²) in [6.07, 6.45) is -0.0593. The van der Waals surface area contributed by atoms with Crippen molar-refractivity contribution < 1.29 is 14.2 Å². The van der Waals surface area contributed by atoms with E-state index in [1.165, 1.54) is 5.56 Å². The Hall–Kier alpha value is -1.43. The van der Waals surface area contributed by atoms with Crippen molar-refractivity contribution >= 4 is 15.9 Å². The topological polar surface area (TPSA) is 40.6 Å². The molecule has 0 aliphatic carbocycles. The third kappa shape index (κ3) is 6.56. The number of pyridine rings is 1. The second kappa shape index (κ2) is 9.56.